The van der Waals surface area contributed by atoms with Crippen LogP contribution >= 0.6 is 11.3 Å². The molecular weight excluding hydrogens is 320 g/mol. The molecule has 0 unspecified atom stereocenters. The predicted octanol–water partition coefficient (Wildman–Crippen LogP) is 3.54. The van der Waals surface area contributed by atoms with Gasteiger partial charge >= 0.3 is 0 Å². The average Bonchev–Trinajstić information content (AvgIpc) is 3.18. The van der Waals surface area contributed by atoms with E-state index >= 15 is 0 Å². The van der Waals surface area contributed by atoms with Gasteiger partial charge in [0.25, 0.3) is 5.91 Å². The summed E-state index contributed by atoms with van der Waals surface area (Å²) in [5, 5.41) is 4.20. The SMILES string of the molecule is CC(C)(C)[C@@H]1CCc2sc(C(=O)N3CCCn4ncnc43)cc2C1. The van der Waals surface area contributed by atoms with Gasteiger partial charge < -0.3 is 0 Å². The molecule has 0 N–H and O–H groups in total. The summed E-state index contributed by atoms with van der Waals surface area (Å²) in [5.74, 6) is 1.46. The average molecular weight is 344 g/mol. The Labute approximate surface area is 146 Å². The maximum atomic E-state index is 13.0. The summed E-state index contributed by atoms with van der Waals surface area (Å²) in [6.07, 6.45) is 5.89. The second-order valence-electron chi connectivity index (χ2n) is 7.96. The summed E-state index contributed by atoms with van der Waals surface area (Å²) >= 11 is 1.68. The van der Waals surface area contributed by atoms with Crippen LogP contribution in [0.25, 0.3) is 0 Å². The number of carbonyl (C=O) groups excluding carboxylic acids is 1. The highest BCUT2D eigenvalue weighted by Crippen LogP contribution is 2.40. The highest BCUT2D eigenvalue weighted by atomic mass is 32.1. The standard InChI is InChI=1S/C18H24N4OS/c1-18(2,3)13-5-6-14-12(9-13)10-15(24-14)16(23)21-7-4-8-22-17(21)19-11-20-22/h10-11,13H,4-9H2,1-3H3/t13-/m1/s1. The van der Waals surface area contributed by atoms with Crippen LogP contribution in [0.1, 0.15) is 53.7 Å². The smallest absolute Gasteiger partial charge is 0.270 e. The first kappa shape index (κ1) is 15.8. The van der Waals surface area contributed by atoms with Crippen LogP contribution in [0.5, 0.6) is 0 Å². The lowest BCUT2D eigenvalue weighted by Crippen LogP contribution is -2.37. The van der Waals surface area contributed by atoms with Crippen LogP contribution in [0.2, 0.25) is 0 Å². The van der Waals surface area contributed by atoms with Gasteiger partial charge in [-0.2, -0.15) is 10.1 Å². The summed E-state index contributed by atoms with van der Waals surface area (Å²) in [4.78, 5) is 21.3. The molecule has 1 aliphatic carbocycles. The van der Waals surface area contributed by atoms with Crippen LogP contribution in [0.3, 0.4) is 0 Å². The summed E-state index contributed by atoms with van der Waals surface area (Å²) < 4.78 is 1.82. The van der Waals surface area contributed by atoms with Crippen molar-refractivity contribution in [2.75, 3.05) is 11.4 Å². The largest absolute Gasteiger partial charge is 0.276 e. The summed E-state index contributed by atoms with van der Waals surface area (Å²) in [5.41, 5.74) is 1.71. The van der Waals surface area contributed by atoms with Crippen molar-refractivity contribution in [1.29, 1.82) is 0 Å². The van der Waals surface area contributed by atoms with Gasteiger partial charge in [0, 0.05) is 18.0 Å². The fourth-order valence-electron chi connectivity index (χ4n) is 3.80. The third-order valence-electron chi connectivity index (χ3n) is 5.35. The number of anilines is 1. The first-order chi connectivity index (χ1) is 11.4. The molecule has 2 aromatic rings. The van der Waals surface area contributed by atoms with Gasteiger partial charge in [-0.3, -0.25) is 9.69 Å². The normalized spacial score (nSPS) is 20.6. The van der Waals surface area contributed by atoms with E-state index in [2.05, 4.69) is 36.9 Å². The molecular formula is C18H24N4OS. The monoisotopic (exact) mass is 344 g/mol. The van der Waals surface area contributed by atoms with Gasteiger partial charge in [0.1, 0.15) is 6.33 Å². The van der Waals surface area contributed by atoms with E-state index < -0.39 is 0 Å². The number of nitrogens with zero attached hydrogens (tertiary/aromatic N) is 4. The molecule has 0 saturated heterocycles. The highest BCUT2D eigenvalue weighted by Gasteiger charge is 2.32. The third-order valence-corrected chi connectivity index (χ3v) is 6.58. The summed E-state index contributed by atoms with van der Waals surface area (Å²) in [6, 6.07) is 2.13. The molecule has 1 amide bonds. The minimum atomic E-state index is 0.0793. The van der Waals surface area contributed by atoms with Crippen molar-refractivity contribution in [1.82, 2.24) is 14.8 Å². The molecule has 2 aromatic heterocycles. The van der Waals surface area contributed by atoms with Crippen molar-refractivity contribution in [2.45, 2.75) is 53.0 Å². The highest BCUT2D eigenvalue weighted by molar-refractivity contribution is 7.14. The van der Waals surface area contributed by atoms with Gasteiger partial charge in [0.15, 0.2) is 0 Å². The topological polar surface area (TPSA) is 51.0 Å². The Bertz CT molecular complexity index is 770. The molecule has 0 bridgehead atoms. The van der Waals surface area contributed by atoms with E-state index in [0.29, 0.717) is 17.3 Å². The van der Waals surface area contributed by atoms with E-state index in [4.69, 9.17) is 0 Å². The van der Waals surface area contributed by atoms with Crippen LogP contribution in [-0.4, -0.2) is 27.2 Å². The molecule has 3 heterocycles. The van der Waals surface area contributed by atoms with Crippen molar-refractivity contribution >= 4 is 23.2 Å². The Kier molecular flexibility index (Phi) is 3.75. The van der Waals surface area contributed by atoms with Gasteiger partial charge in [-0.05, 0) is 48.6 Å². The van der Waals surface area contributed by atoms with Crippen LogP contribution in [-0.2, 0) is 19.4 Å². The number of hydrogen-bond donors (Lipinski definition) is 0. The minimum absolute atomic E-state index is 0.0793. The van der Waals surface area contributed by atoms with Gasteiger partial charge in [0.2, 0.25) is 5.95 Å². The Morgan fingerprint density at radius 1 is 1.33 bits per heavy atom. The first-order valence-electron chi connectivity index (χ1n) is 8.75. The molecule has 0 spiro atoms. The Morgan fingerprint density at radius 2 is 2.17 bits per heavy atom. The van der Waals surface area contributed by atoms with Crippen LogP contribution in [0.15, 0.2) is 12.4 Å². The van der Waals surface area contributed by atoms with E-state index in [9.17, 15) is 4.79 Å². The maximum absolute atomic E-state index is 13.0. The Balaban J connectivity index is 1.59. The second-order valence-corrected chi connectivity index (χ2v) is 9.10. The number of aromatic nitrogens is 3. The molecule has 128 valence electrons. The van der Waals surface area contributed by atoms with E-state index in [-0.39, 0.29) is 5.91 Å². The Hall–Kier alpha value is -1.69. The molecule has 0 saturated carbocycles. The molecule has 1 aliphatic heterocycles. The second kappa shape index (κ2) is 5.69. The number of hydrogen-bond acceptors (Lipinski definition) is 4. The number of carbonyl (C=O) groups is 1. The number of thiophene rings is 1. The van der Waals surface area contributed by atoms with Crippen molar-refractivity contribution in [2.24, 2.45) is 11.3 Å². The molecule has 2 aliphatic rings. The van der Waals surface area contributed by atoms with Gasteiger partial charge in [-0.15, -0.1) is 11.3 Å². The fraction of sp³-hybridized carbons (Fsp3) is 0.611. The van der Waals surface area contributed by atoms with E-state index in [0.717, 1.165) is 37.2 Å². The van der Waals surface area contributed by atoms with Gasteiger partial charge in [0.05, 0.1) is 4.88 Å². The molecule has 0 radical (unpaired) electrons. The fourth-order valence-corrected chi connectivity index (χ4v) is 4.95. The summed E-state index contributed by atoms with van der Waals surface area (Å²) in [7, 11) is 0. The van der Waals surface area contributed by atoms with Crippen LogP contribution in [0.4, 0.5) is 5.95 Å². The lowest BCUT2D eigenvalue weighted by Gasteiger charge is -2.33. The van der Waals surface area contributed by atoms with Crippen molar-refractivity contribution in [3.05, 3.63) is 27.7 Å². The molecule has 6 heteroatoms. The van der Waals surface area contributed by atoms with Crippen molar-refractivity contribution in [3.8, 4) is 0 Å². The van der Waals surface area contributed by atoms with Gasteiger partial charge in [-0.1, -0.05) is 20.8 Å². The van der Waals surface area contributed by atoms with Crippen LogP contribution in [0, 0.1) is 11.3 Å². The molecule has 0 aromatic carbocycles. The Morgan fingerprint density at radius 3 is 2.96 bits per heavy atom. The molecule has 1 atom stereocenters. The number of fused-ring (bicyclic) bond motifs is 2. The van der Waals surface area contributed by atoms with E-state index in [1.54, 1.807) is 16.2 Å². The molecule has 5 nitrogen and oxygen atoms in total. The molecule has 24 heavy (non-hydrogen) atoms. The van der Waals surface area contributed by atoms with Crippen LogP contribution < -0.4 is 4.90 Å². The third kappa shape index (κ3) is 2.66. The number of amides is 1. The predicted molar refractivity (Wildman–Crippen MR) is 95.6 cm³/mol. The van der Waals surface area contributed by atoms with Crippen molar-refractivity contribution < 1.29 is 4.79 Å². The zero-order valence-electron chi connectivity index (χ0n) is 14.6. The van der Waals surface area contributed by atoms with E-state index in [1.807, 2.05) is 4.68 Å². The van der Waals surface area contributed by atoms with E-state index in [1.165, 1.54) is 23.2 Å². The lowest BCUT2D eigenvalue weighted by molar-refractivity contribution is 0.0984. The zero-order valence-corrected chi connectivity index (χ0v) is 15.4. The minimum Gasteiger partial charge on any atom is -0.276 e. The maximum Gasteiger partial charge on any atom is 0.270 e. The first-order valence-corrected chi connectivity index (χ1v) is 9.56. The quantitative estimate of drug-likeness (QED) is 0.795. The molecule has 0 fully saturated rings. The number of rotatable bonds is 1. The zero-order chi connectivity index (χ0) is 16.9. The van der Waals surface area contributed by atoms with Gasteiger partial charge in [-0.25, -0.2) is 4.68 Å². The lowest BCUT2D eigenvalue weighted by atomic mass is 9.72. The molecule has 4 rings (SSSR count). The van der Waals surface area contributed by atoms with Crippen molar-refractivity contribution in [3.63, 3.8) is 0 Å². The number of aryl methyl sites for hydroxylation is 2. The summed E-state index contributed by atoms with van der Waals surface area (Å²) in [6.45, 7) is 8.53.